The lowest BCUT2D eigenvalue weighted by atomic mass is 9.98. The summed E-state index contributed by atoms with van der Waals surface area (Å²) < 4.78 is 11.1. The highest BCUT2D eigenvalue weighted by Gasteiger charge is 2.38. The maximum absolute atomic E-state index is 12.8. The minimum atomic E-state index is -1.09. The summed E-state index contributed by atoms with van der Waals surface area (Å²) in [6.45, 7) is 4.37. The third-order valence-corrected chi connectivity index (χ3v) is 6.95. The van der Waals surface area contributed by atoms with Crippen molar-refractivity contribution >= 4 is 18.0 Å². The zero-order valence-electron chi connectivity index (χ0n) is 20.0. The van der Waals surface area contributed by atoms with Crippen molar-refractivity contribution in [2.45, 2.75) is 57.2 Å². The smallest absolute Gasteiger partial charge is 0.407 e. The van der Waals surface area contributed by atoms with Crippen LogP contribution in [0.2, 0.25) is 0 Å². The van der Waals surface area contributed by atoms with Crippen molar-refractivity contribution < 1.29 is 29.0 Å². The quantitative estimate of drug-likeness (QED) is 0.504. The summed E-state index contributed by atoms with van der Waals surface area (Å²) in [5.41, 5.74) is 4.51. The minimum absolute atomic E-state index is 0.0658. The van der Waals surface area contributed by atoms with E-state index in [1.807, 2.05) is 50.2 Å². The molecule has 0 spiro atoms. The minimum Gasteiger partial charge on any atom is -0.480 e. The molecular formula is C27H32N2O6. The fourth-order valence-electron chi connectivity index (χ4n) is 4.83. The highest BCUT2D eigenvalue weighted by Crippen LogP contribution is 2.44. The zero-order chi connectivity index (χ0) is 24.9. The van der Waals surface area contributed by atoms with Gasteiger partial charge in [-0.3, -0.25) is 4.79 Å². The molecule has 2 aromatic rings. The maximum Gasteiger partial charge on any atom is 0.407 e. The maximum atomic E-state index is 12.8. The van der Waals surface area contributed by atoms with Crippen molar-refractivity contribution in [3.05, 3.63) is 59.7 Å². The number of alkyl carbamates (subject to hydrolysis) is 1. The zero-order valence-corrected chi connectivity index (χ0v) is 20.0. The normalized spacial score (nSPS) is 20.4. The number of ether oxygens (including phenoxy) is 2. The number of benzene rings is 2. The van der Waals surface area contributed by atoms with Crippen LogP contribution in [0, 0.1) is 5.92 Å². The number of nitrogens with one attached hydrogen (secondary N) is 2. The number of carboxylic acids is 1. The Balaban J connectivity index is 1.35. The Bertz CT molecular complexity index is 1040. The Hall–Kier alpha value is -3.39. The number of hydrogen-bond acceptors (Lipinski definition) is 5. The van der Waals surface area contributed by atoms with E-state index in [0.717, 1.165) is 28.7 Å². The second-order valence-electron chi connectivity index (χ2n) is 9.30. The molecule has 35 heavy (non-hydrogen) atoms. The van der Waals surface area contributed by atoms with Crippen molar-refractivity contribution in [1.29, 1.82) is 0 Å². The molecular weight excluding hydrogens is 448 g/mol. The molecule has 4 rings (SSSR count). The first-order chi connectivity index (χ1) is 16.9. The molecule has 2 aliphatic rings. The predicted molar refractivity (Wildman–Crippen MR) is 130 cm³/mol. The average Bonchev–Trinajstić information content (AvgIpc) is 3.44. The number of hydrogen-bond donors (Lipinski definition) is 3. The lowest BCUT2D eigenvalue weighted by Gasteiger charge is -2.23. The topological polar surface area (TPSA) is 114 Å². The number of aliphatic carboxylic acids is 1. The summed E-state index contributed by atoms with van der Waals surface area (Å²) >= 11 is 0. The summed E-state index contributed by atoms with van der Waals surface area (Å²) in [5.74, 6) is -1.54. The lowest BCUT2D eigenvalue weighted by molar-refractivity contribution is -0.144. The molecule has 2 aromatic carbocycles. The standard InChI is InChI=1S/C27H32N2O6/c1-3-16(2)14-23(26(31)32)28-25(30)24-22(12-13-34-24)29-27(33)35-15-21-19-10-6-4-8-17(19)18-9-5-7-11-20(18)21/h4-11,16,21-24H,3,12-15H2,1-2H3,(H,28,30)(H,29,33)(H,31,32). The van der Waals surface area contributed by atoms with Gasteiger partial charge in [-0.05, 0) is 41.0 Å². The number of carbonyl (C=O) groups excluding carboxylic acids is 2. The van der Waals surface area contributed by atoms with E-state index in [1.54, 1.807) is 0 Å². The van der Waals surface area contributed by atoms with Crippen molar-refractivity contribution in [1.82, 2.24) is 10.6 Å². The van der Waals surface area contributed by atoms with Gasteiger partial charge in [0.1, 0.15) is 12.6 Å². The number of rotatable bonds is 9. The monoisotopic (exact) mass is 480 g/mol. The summed E-state index contributed by atoms with van der Waals surface area (Å²) in [7, 11) is 0. The Morgan fingerprint density at radius 3 is 2.31 bits per heavy atom. The Kier molecular flexibility index (Phi) is 7.70. The van der Waals surface area contributed by atoms with Gasteiger partial charge in [0.05, 0.1) is 6.04 Å². The van der Waals surface area contributed by atoms with E-state index < -0.39 is 36.2 Å². The second kappa shape index (κ2) is 10.9. The van der Waals surface area contributed by atoms with E-state index >= 15 is 0 Å². The van der Waals surface area contributed by atoms with Gasteiger partial charge in [-0.1, -0.05) is 68.8 Å². The SMILES string of the molecule is CCC(C)CC(NC(=O)C1OCCC1NC(=O)OCC1c2ccccc2-c2ccccc21)C(=O)O. The van der Waals surface area contributed by atoms with Crippen molar-refractivity contribution in [2.75, 3.05) is 13.2 Å². The van der Waals surface area contributed by atoms with Crippen LogP contribution in [0.5, 0.6) is 0 Å². The van der Waals surface area contributed by atoms with Gasteiger partial charge >= 0.3 is 12.1 Å². The molecule has 1 aliphatic carbocycles. The highest BCUT2D eigenvalue weighted by molar-refractivity contribution is 5.87. The van der Waals surface area contributed by atoms with Crippen LogP contribution < -0.4 is 10.6 Å². The summed E-state index contributed by atoms with van der Waals surface area (Å²) in [4.78, 5) is 37.0. The van der Waals surface area contributed by atoms with Crippen LogP contribution in [-0.4, -0.2) is 54.5 Å². The summed E-state index contributed by atoms with van der Waals surface area (Å²) in [6.07, 6.45) is -0.0186. The molecule has 1 fully saturated rings. The molecule has 0 bridgehead atoms. The van der Waals surface area contributed by atoms with Crippen LogP contribution in [0.1, 0.15) is 50.2 Å². The van der Waals surface area contributed by atoms with Crippen LogP contribution in [0.3, 0.4) is 0 Å². The van der Waals surface area contributed by atoms with Gasteiger partial charge in [-0.15, -0.1) is 0 Å². The predicted octanol–water partition coefficient (Wildman–Crippen LogP) is 3.69. The number of carbonyl (C=O) groups is 3. The molecule has 8 heteroatoms. The molecule has 8 nitrogen and oxygen atoms in total. The van der Waals surface area contributed by atoms with Crippen LogP contribution in [0.25, 0.3) is 11.1 Å². The van der Waals surface area contributed by atoms with Crippen molar-refractivity contribution in [2.24, 2.45) is 5.92 Å². The molecule has 0 saturated carbocycles. The van der Waals surface area contributed by atoms with Crippen LogP contribution in [-0.2, 0) is 19.1 Å². The molecule has 4 unspecified atom stereocenters. The molecule has 0 radical (unpaired) electrons. The molecule has 1 saturated heterocycles. The van der Waals surface area contributed by atoms with Gasteiger partial charge in [0.2, 0.25) is 0 Å². The van der Waals surface area contributed by atoms with Crippen molar-refractivity contribution in [3.63, 3.8) is 0 Å². The van der Waals surface area contributed by atoms with E-state index in [9.17, 15) is 19.5 Å². The fourth-order valence-corrected chi connectivity index (χ4v) is 4.83. The average molecular weight is 481 g/mol. The highest BCUT2D eigenvalue weighted by atomic mass is 16.6. The first kappa shape index (κ1) is 24.7. The van der Waals surface area contributed by atoms with Gasteiger partial charge < -0.3 is 25.2 Å². The fraction of sp³-hybridized carbons (Fsp3) is 0.444. The van der Waals surface area contributed by atoms with E-state index in [1.165, 1.54) is 0 Å². The van der Waals surface area contributed by atoms with Gasteiger partial charge in [-0.25, -0.2) is 9.59 Å². The van der Waals surface area contributed by atoms with E-state index in [4.69, 9.17) is 9.47 Å². The van der Waals surface area contributed by atoms with Crippen LogP contribution >= 0.6 is 0 Å². The van der Waals surface area contributed by atoms with E-state index in [-0.39, 0.29) is 25.0 Å². The van der Waals surface area contributed by atoms with Gasteiger partial charge in [0.15, 0.2) is 6.10 Å². The van der Waals surface area contributed by atoms with E-state index in [2.05, 4.69) is 22.8 Å². The van der Waals surface area contributed by atoms with Gasteiger partial charge in [-0.2, -0.15) is 0 Å². The Morgan fingerprint density at radius 1 is 1.09 bits per heavy atom. The molecule has 1 heterocycles. The van der Waals surface area contributed by atoms with Crippen LogP contribution in [0.15, 0.2) is 48.5 Å². The first-order valence-electron chi connectivity index (χ1n) is 12.1. The van der Waals surface area contributed by atoms with Gasteiger partial charge in [0.25, 0.3) is 5.91 Å². The van der Waals surface area contributed by atoms with Crippen molar-refractivity contribution in [3.8, 4) is 11.1 Å². The molecule has 4 atom stereocenters. The Morgan fingerprint density at radius 2 is 1.71 bits per heavy atom. The lowest BCUT2D eigenvalue weighted by Crippen LogP contribution is -2.52. The first-order valence-corrected chi connectivity index (χ1v) is 12.1. The van der Waals surface area contributed by atoms with E-state index in [0.29, 0.717) is 12.8 Å². The molecule has 0 aromatic heterocycles. The molecule has 186 valence electrons. The van der Waals surface area contributed by atoms with Gasteiger partial charge in [0, 0.05) is 12.5 Å². The number of amides is 2. The van der Waals surface area contributed by atoms with Crippen LogP contribution in [0.4, 0.5) is 4.79 Å². The summed E-state index contributed by atoms with van der Waals surface area (Å²) in [5, 5.41) is 14.8. The number of carboxylic acid groups (broad SMARTS) is 1. The Labute approximate surface area is 205 Å². The molecule has 2 amide bonds. The largest absolute Gasteiger partial charge is 0.480 e. The number of fused-ring (bicyclic) bond motifs is 3. The molecule has 3 N–H and O–H groups in total. The summed E-state index contributed by atoms with van der Waals surface area (Å²) in [6, 6.07) is 14.6. The second-order valence-corrected chi connectivity index (χ2v) is 9.30. The third kappa shape index (κ3) is 5.48. The third-order valence-electron chi connectivity index (χ3n) is 6.95. The molecule has 1 aliphatic heterocycles.